The predicted octanol–water partition coefficient (Wildman–Crippen LogP) is 2.72. The molecule has 0 atom stereocenters. The van der Waals surface area contributed by atoms with Gasteiger partial charge in [0, 0.05) is 13.2 Å². The number of nitrogens with zero attached hydrogens (tertiary/aromatic N) is 7. The monoisotopic (exact) mass is 375 g/mol. The van der Waals surface area contributed by atoms with E-state index in [1.165, 1.54) is 11.3 Å². The molecule has 0 bridgehead atoms. The van der Waals surface area contributed by atoms with E-state index < -0.39 is 0 Å². The summed E-state index contributed by atoms with van der Waals surface area (Å²) in [4.78, 5) is 5.03. The Balaban J connectivity index is 1.91. The summed E-state index contributed by atoms with van der Waals surface area (Å²) in [6.07, 6.45) is 1.73. The van der Waals surface area contributed by atoms with Crippen LogP contribution in [-0.4, -0.2) is 34.6 Å². The highest BCUT2D eigenvalue weighted by atomic mass is 79.9. The van der Waals surface area contributed by atoms with Crippen molar-refractivity contribution in [1.82, 2.24) is 34.6 Å². The van der Waals surface area contributed by atoms with E-state index in [1.807, 2.05) is 36.9 Å². The van der Waals surface area contributed by atoms with Crippen molar-refractivity contribution in [2.45, 2.75) is 6.92 Å². The second-order valence-electron chi connectivity index (χ2n) is 4.71. The summed E-state index contributed by atoms with van der Waals surface area (Å²) in [5, 5.41) is 18.2. The molecule has 0 saturated heterocycles. The number of fused-ring (bicyclic) bond motifs is 1. The molecule has 0 N–H and O–H groups in total. The van der Waals surface area contributed by atoms with E-state index in [1.54, 1.807) is 10.7 Å². The van der Waals surface area contributed by atoms with Gasteiger partial charge in [0.05, 0.1) is 10.2 Å². The zero-order chi connectivity index (χ0) is 15.3. The highest BCUT2D eigenvalue weighted by molar-refractivity contribution is 9.10. The van der Waals surface area contributed by atoms with E-state index in [9.17, 15) is 0 Å². The Labute approximate surface area is 137 Å². The van der Waals surface area contributed by atoms with Crippen LogP contribution in [0, 0.1) is 6.92 Å². The molecule has 110 valence electrons. The van der Waals surface area contributed by atoms with Crippen LogP contribution in [0.1, 0.15) is 5.69 Å². The highest BCUT2D eigenvalue weighted by Crippen LogP contribution is 2.33. The van der Waals surface area contributed by atoms with Crippen molar-refractivity contribution >= 4 is 32.2 Å². The van der Waals surface area contributed by atoms with Crippen molar-refractivity contribution in [1.29, 1.82) is 0 Å². The van der Waals surface area contributed by atoms with Crippen molar-refractivity contribution in [2.24, 2.45) is 7.05 Å². The first kappa shape index (κ1) is 13.5. The average molecular weight is 376 g/mol. The van der Waals surface area contributed by atoms with E-state index in [-0.39, 0.29) is 0 Å². The molecule has 0 radical (unpaired) electrons. The summed E-state index contributed by atoms with van der Waals surface area (Å²) in [6, 6.07) is 5.67. The summed E-state index contributed by atoms with van der Waals surface area (Å²) in [7, 11) is 1.90. The van der Waals surface area contributed by atoms with Gasteiger partial charge in [-0.05, 0) is 35.0 Å². The SMILES string of the molecule is Cc1nn(C)c(-c2nn3c(-c4ccccn4)nnc3s2)c1Br. The van der Waals surface area contributed by atoms with Crippen LogP contribution in [0.25, 0.3) is 27.2 Å². The van der Waals surface area contributed by atoms with Gasteiger partial charge >= 0.3 is 0 Å². The number of aryl methyl sites for hydroxylation is 2. The van der Waals surface area contributed by atoms with Gasteiger partial charge in [-0.15, -0.1) is 10.2 Å². The van der Waals surface area contributed by atoms with Crippen LogP contribution in [0.5, 0.6) is 0 Å². The number of halogens is 1. The molecule has 0 spiro atoms. The largest absolute Gasteiger partial charge is 0.264 e. The fourth-order valence-electron chi connectivity index (χ4n) is 2.23. The third kappa shape index (κ3) is 1.97. The summed E-state index contributed by atoms with van der Waals surface area (Å²) in [5.74, 6) is 0.633. The molecular weight excluding hydrogens is 366 g/mol. The number of aromatic nitrogens is 7. The minimum absolute atomic E-state index is 0.633. The molecule has 0 fully saturated rings. The topological polar surface area (TPSA) is 73.8 Å². The van der Waals surface area contributed by atoms with E-state index in [0.29, 0.717) is 5.82 Å². The van der Waals surface area contributed by atoms with Gasteiger partial charge in [0.15, 0.2) is 5.01 Å². The smallest absolute Gasteiger partial charge is 0.235 e. The van der Waals surface area contributed by atoms with Gasteiger partial charge in [-0.2, -0.15) is 14.7 Å². The fourth-order valence-corrected chi connectivity index (χ4v) is 3.81. The summed E-state index contributed by atoms with van der Waals surface area (Å²) in [6.45, 7) is 1.95. The first-order valence-corrected chi connectivity index (χ1v) is 8.09. The molecule has 0 aliphatic carbocycles. The third-order valence-electron chi connectivity index (χ3n) is 3.24. The molecule has 9 heteroatoms. The van der Waals surface area contributed by atoms with Gasteiger partial charge in [-0.25, -0.2) is 0 Å². The third-order valence-corrected chi connectivity index (χ3v) is 5.09. The quantitative estimate of drug-likeness (QED) is 0.538. The summed E-state index contributed by atoms with van der Waals surface area (Å²) >= 11 is 5.04. The molecular formula is C13H10BrN7S. The Morgan fingerprint density at radius 2 is 2.05 bits per heavy atom. The lowest BCUT2D eigenvalue weighted by molar-refractivity contribution is 0.761. The number of rotatable bonds is 2. The lowest BCUT2D eigenvalue weighted by Gasteiger charge is -1.97. The van der Waals surface area contributed by atoms with Crippen LogP contribution in [0.4, 0.5) is 0 Å². The summed E-state index contributed by atoms with van der Waals surface area (Å²) < 4.78 is 4.47. The minimum atomic E-state index is 0.633. The molecule has 7 nitrogen and oxygen atoms in total. The van der Waals surface area contributed by atoms with Crippen LogP contribution in [0.15, 0.2) is 28.9 Å². The maximum atomic E-state index is 4.63. The number of pyridine rings is 1. The van der Waals surface area contributed by atoms with Crippen molar-refractivity contribution in [3.05, 3.63) is 34.6 Å². The molecule has 4 aromatic rings. The number of hydrogen-bond acceptors (Lipinski definition) is 6. The predicted molar refractivity (Wildman–Crippen MR) is 86.5 cm³/mol. The second kappa shape index (κ2) is 4.96. The lowest BCUT2D eigenvalue weighted by Crippen LogP contribution is -1.96. The molecule has 22 heavy (non-hydrogen) atoms. The Bertz CT molecular complexity index is 969. The first-order chi connectivity index (χ1) is 10.6. The van der Waals surface area contributed by atoms with E-state index in [2.05, 4.69) is 41.3 Å². The normalized spacial score (nSPS) is 11.4. The van der Waals surface area contributed by atoms with Gasteiger partial charge in [-0.3, -0.25) is 9.67 Å². The Morgan fingerprint density at radius 1 is 1.18 bits per heavy atom. The van der Waals surface area contributed by atoms with Crippen molar-refractivity contribution in [3.8, 4) is 22.2 Å². The van der Waals surface area contributed by atoms with Crippen molar-refractivity contribution in [2.75, 3.05) is 0 Å². The van der Waals surface area contributed by atoms with Crippen molar-refractivity contribution < 1.29 is 0 Å². The first-order valence-electron chi connectivity index (χ1n) is 6.48. The van der Waals surface area contributed by atoms with Gasteiger partial charge in [0.25, 0.3) is 0 Å². The summed E-state index contributed by atoms with van der Waals surface area (Å²) in [5.41, 5.74) is 2.60. The van der Waals surface area contributed by atoms with Crippen LogP contribution >= 0.6 is 27.3 Å². The Hall–Kier alpha value is -2.13. The maximum Gasteiger partial charge on any atom is 0.235 e. The Morgan fingerprint density at radius 3 is 2.73 bits per heavy atom. The van der Waals surface area contributed by atoms with Gasteiger partial charge in [0.2, 0.25) is 10.8 Å². The molecule has 4 aromatic heterocycles. The van der Waals surface area contributed by atoms with E-state index in [0.717, 1.165) is 31.5 Å². The molecule has 4 rings (SSSR count). The molecule has 0 amide bonds. The van der Waals surface area contributed by atoms with Crippen molar-refractivity contribution in [3.63, 3.8) is 0 Å². The second-order valence-corrected chi connectivity index (χ2v) is 6.46. The number of hydrogen-bond donors (Lipinski definition) is 0. The molecule has 0 aliphatic heterocycles. The van der Waals surface area contributed by atoms with Crippen LogP contribution in [0.2, 0.25) is 0 Å². The Kier molecular flexibility index (Phi) is 3.05. The molecule has 0 unspecified atom stereocenters. The van der Waals surface area contributed by atoms with Gasteiger partial charge in [-0.1, -0.05) is 17.4 Å². The fraction of sp³-hybridized carbons (Fsp3) is 0.154. The van der Waals surface area contributed by atoms with Crippen LogP contribution < -0.4 is 0 Å². The molecule has 0 aliphatic rings. The average Bonchev–Trinajstić information content (AvgIpc) is 3.14. The van der Waals surface area contributed by atoms with Crippen LogP contribution in [-0.2, 0) is 7.05 Å². The molecule has 0 saturated carbocycles. The van der Waals surface area contributed by atoms with Crippen LogP contribution in [0.3, 0.4) is 0 Å². The van der Waals surface area contributed by atoms with Gasteiger partial charge < -0.3 is 0 Å². The molecule has 0 aromatic carbocycles. The zero-order valence-corrected chi connectivity index (χ0v) is 14.1. The maximum absolute atomic E-state index is 4.63. The minimum Gasteiger partial charge on any atom is -0.264 e. The highest BCUT2D eigenvalue weighted by Gasteiger charge is 2.20. The standard InChI is InChI=1S/C13H10BrN7S/c1-7-9(14)10(20(2)18-7)12-19-21-11(16-17-13(21)22-12)8-5-3-4-6-15-8/h3-6H,1-2H3. The molecule has 4 heterocycles. The van der Waals surface area contributed by atoms with E-state index >= 15 is 0 Å². The van der Waals surface area contributed by atoms with E-state index in [4.69, 9.17) is 0 Å². The van der Waals surface area contributed by atoms with Gasteiger partial charge in [0.1, 0.15) is 11.4 Å². The lowest BCUT2D eigenvalue weighted by atomic mass is 10.3. The zero-order valence-electron chi connectivity index (χ0n) is 11.7.